The predicted octanol–water partition coefficient (Wildman–Crippen LogP) is 2.52. The monoisotopic (exact) mass is 261 g/mol. The van der Waals surface area contributed by atoms with Gasteiger partial charge in [0.1, 0.15) is 6.23 Å². The van der Waals surface area contributed by atoms with Gasteiger partial charge in [-0.15, -0.1) is 0 Å². The molecule has 1 aromatic rings. The zero-order valence-electron chi connectivity index (χ0n) is 11.9. The van der Waals surface area contributed by atoms with E-state index in [0.717, 1.165) is 31.7 Å². The molecule has 4 heteroatoms. The molecule has 1 saturated heterocycles. The molecule has 0 bridgehead atoms. The summed E-state index contributed by atoms with van der Waals surface area (Å²) in [5.41, 5.74) is 11.0. The van der Waals surface area contributed by atoms with Gasteiger partial charge in [0.15, 0.2) is 0 Å². The first-order valence-corrected chi connectivity index (χ1v) is 7.24. The number of hydrazine groups is 1. The molecule has 1 fully saturated rings. The van der Waals surface area contributed by atoms with Gasteiger partial charge in [0, 0.05) is 25.9 Å². The van der Waals surface area contributed by atoms with Gasteiger partial charge in [-0.05, 0) is 48.9 Å². The van der Waals surface area contributed by atoms with Gasteiger partial charge >= 0.3 is 0 Å². The molecule has 0 aliphatic carbocycles. The van der Waals surface area contributed by atoms with Crippen LogP contribution in [-0.4, -0.2) is 24.9 Å². The lowest BCUT2D eigenvalue weighted by Gasteiger charge is -2.37. The standard InChI is InChI=1S/C15H23N3O/c1-3-11-12-10-17(2)18(14(12)8-7-13(11)16)15-6-4-5-9-19-15/h7-8,15H,3-6,9-10,16H2,1-2H3. The Hall–Kier alpha value is -1.26. The van der Waals surface area contributed by atoms with Crippen molar-refractivity contribution in [3.63, 3.8) is 0 Å². The lowest BCUT2D eigenvalue weighted by atomic mass is 10.0. The van der Waals surface area contributed by atoms with Crippen LogP contribution in [-0.2, 0) is 17.7 Å². The van der Waals surface area contributed by atoms with Gasteiger partial charge in [-0.3, -0.25) is 5.01 Å². The van der Waals surface area contributed by atoms with Crippen molar-refractivity contribution in [2.45, 2.75) is 45.4 Å². The second-order valence-electron chi connectivity index (χ2n) is 5.47. The maximum absolute atomic E-state index is 6.11. The summed E-state index contributed by atoms with van der Waals surface area (Å²) in [5, 5.41) is 4.58. The minimum atomic E-state index is 0.188. The first-order chi connectivity index (χ1) is 9.22. The normalized spacial score (nSPS) is 23.7. The Kier molecular flexibility index (Phi) is 3.37. The molecule has 2 heterocycles. The second kappa shape index (κ2) is 5.02. The van der Waals surface area contributed by atoms with Crippen molar-refractivity contribution in [1.82, 2.24) is 5.01 Å². The molecule has 2 aliphatic rings. The number of anilines is 2. The number of ether oxygens (including phenoxy) is 1. The number of nitrogen functional groups attached to an aromatic ring is 1. The maximum atomic E-state index is 6.11. The number of benzene rings is 1. The molecule has 0 amide bonds. The Balaban J connectivity index is 1.97. The third-order valence-electron chi connectivity index (χ3n) is 4.23. The van der Waals surface area contributed by atoms with E-state index in [1.54, 1.807) is 0 Å². The number of rotatable bonds is 2. The van der Waals surface area contributed by atoms with Crippen LogP contribution in [0.3, 0.4) is 0 Å². The summed E-state index contributed by atoms with van der Waals surface area (Å²) in [4.78, 5) is 0. The van der Waals surface area contributed by atoms with E-state index in [1.165, 1.54) is 29.7 Å². The molecule has 2 aliphatic heterocycles. The van der Waals surface area contributed by atoms with Crippen molar-refractivity contribution in [2.75, 3.05) is 24.4 Å². The van der Waals surface area contributed by atoms with Crippen LogP contribution in [0.2, 0.25) is 0 Å². The SMILES string of the molecule is CCc1c(N)ccc2c1CN(C)N2C1CCCCO1. The number of nitrogens with zero attached hydrogens (tertiary/aromatic N) is 2. The van der Waals surface area contributed by atoms with Crippen molar-refractivity contribution < 1.29 is 4.74 Å². The van der Waals surface area contributed by atoms with E-state index in [9.17, 15) is 0 Å². The Labute approximate surface area is 115 Å². The molecule has 104 valence electrons. The first kappa shape index (κ1) is 12.8. The Morgan fingerprint density at radius 2 is 2.21 bits per heavy atom. The van der Waals surface area contributed by atoms with Gasteiger partial charge in [-0.1, -0.05) is 6.92 Å². The number of hydrogen-bond donors (Lipinski definition) is 1. The molecule has 0 saturated carbocycles. The molecule has 1 atom stereocenters. The molecule has 1 aromatic carbocycles. The summed E-state index contributed by atoms with van der Waals surface area (Å²) in [6.07, 6.45) is 4.72. The van der Waals surface area contributed by atoms with Crippen molar-refractivity contribution >= 4 is 11.4 Å². The first-order valence-electron chi connectivity index (χ1n) is 7.24. The predicted molar refractivity (Wildman–Crippen MR) is 77.8 cm³/mol. The fourth-order valence-electron chi connectivity index (χ4n) is 3.29. The molecule has 2 N–H and O–H groups in total. The Bertz CT molecular complexity index is 469. The number of fused-ring (bicyclic) bond motifs is 1. The van der Waals surface area contributed by atoms with Gasteiger partial charge < -0.3 is 10.5 Å². The largest absolute Gasteiger partial charge is 0.398 e. The fraction of sp³-hybridized carbons (Fsp3) is 0.600. The summed E-state index contributed by atoms with van der Waals surface area (Å²) in [6, 6.07) is 4.18. The molecule has 0 radical (unpaired) electrons. The second-order valence-corrected chi connectivity index (χ2v) is 5.47. The topological polar surface area (TPSA) is 41.7 Å². The average Bonchev–Trinajstić information content (AvgIpc) is 2.76. The number of hydrogen-bond acceptors (Lipinski definition) is 4. The molecular weight excluding hydrogens is 238 g/mol. The maximum Gasteiger partial charge on any atom is 0.144 e. The highest BCUT2D eigenvalue weighted by atomic mass is 16.5. The van der Waals surface area contributed by atoms with Crippen molar-refractivity contribution in [1.29, 1.82) is 0 Å². The molecule has 1 unspecified atom stereocenters. The zero-order chi connectivity index (χ0) is 13.4. The molecule has 19 heavy (non-hydrogen) atoms. The van der Waals surface area contributed by atoms with E-state index < -0.39 is 0 Å². The Morgan fingerprint density at radius 1 is 1.37 bits per heavy atom. The highest BCUT2D eigenvalue weighted by Gasteiger charge is 2.33. The van der Waals surface area contributed by atoms with Gasteiger partial charge in [-0.25, -0.2) is 5.01 Å². The Morgan fingerprint density at radius 3 is 2.89 bits per heavy atom. The lowest BCUT2D eigenvalue weighted by molar-refractivity contribution is -0.0117. The van der Waals surface area contributed by atoms with Crippen LogP contribution < -0.4 is 10.7 Å². The van der Waals surface area contributed by atoms with E-state index in [-0.39, 0.29) is 6.23 Å². The van der Waals surface area contributed by atoms with Crippen LogP contribution in [0.5, 0.6) is 0 Å². The molecule has 0 aromatic heterocycles. The molecule has 4 nitrogen and oxygen atoms in total. The smallest absolute Gasteiger partial charge is 0.144 e. The van der Waals surface area contributed by atoms with Crippen molar-refractivity contribution in [3.05, 3.63) is 23.3 Å². The van der Waals surface area contributed by atoms with Crippen LogP contribution in [0.1, 0.15) is 37.3 Å². The van der Waals surface area contributed by atoms with Crippen molar-refractivity contribution in [3.8, 4) is 0 Å². The minimum Gasteiger partial charge on any atom is -0.398 e. The van der Waals surface area contributed by atoms with Gasteiger partial charge in [0.25, 0.3) is 0 Å². The molecule has 3 rings (SSSR count). The van der Waals surface area contributed by atoms with E-state index in [0.29, 0.717) is 0 Å². The van der Waals surface area contributed by atoms with E-state index in [1.807, 2.05) is 6.07 Å². The van der Waals surface area contributed by atoms with Crippen LogP contribution >= 0.6 is 0 Å². The van der Waals surface area contributed by atoms with Crippen LogP contribution in [0.4, 0.5) is 11.4 Å². The van der Waals surface area contributed by atoms with E-state index in [4.69, 9.17) is 10.5 Å². The highest BCUT2D eigenvalue weighted by molar-refractivity contribution is 5.67. The summed E-state index contributed by atoms with van der Waals surface area (Å²) < 4.78 is 5.95. The summed E-state index contributed by atoms with van der Waals surface area (Å²) in [6.45, 7) is 3.98. The van der Waals surface area contributed by atoms with E-state index >= 15 is 0 Å². The summed E-state index contributed by atoms with van der Waals surface area (Å²) in [7, 11) is 2.13. The molecule has 0 spiro atoms. The van der Waals surface area contributed by atoms with Gasteiger partial charge in [0.05, 0.1) is 5.69 Å². The van der Waals surface area contributed by atoms with Crippen LogP contribution in [0.25, 0.3) is 0 Å². The van der Waals surface area contributed by atoms with Crippen LogP contribution in [0.15, 0.2) is 12.1 Å². The summed E-state index contributed by atoms with van der Waals surface area (Å²) in [5.74, 6) is 0. The third kappa shape index (κ3) is 2.09. The lowest BCUT2D eigenvalue weighted by Crippen LogP contribution is -2.45. The third-order valence-corrected chi connectivity index (χ3v) is 4.23. The van der Waals surface area contributed by atoms with Crippen LogP contribution in [0, 0.1) is 0 Å². The average molecular weight is 261 g/mol. The fourth-order valence-corrected chi connectivity index (χ4v) is 3.29. The van der Waals surface area contributed by atoms with Gasteiger partial charge in [-0.2, -0.15) is 0 Å². The van der Waals surface area contributed by atoms with Gasteiger partial charge in [0.2, 0.25) is 0 Å². The van der Waals surface area contributed by atoms with E-state index in [2.05, 4.69) is 30.1 Å². The highest BCUT2D eigenvalue weighted by Crippen LogP contribution is 2.38. The number of nitrogens with two attached hydrogens (primary N) is 1. The molecular formula is C15H23N3O. The van der Waals surface area contributed by atoms with Crippen molar-refractivity contribution in [2.24, 2.45) is 0 Å². The zero-order valence-corrected chi connectivity index (χ0v) is 11.9. The quantitative estimate of drug-likeness (QED) is 0.831. The summed E-state index contributed by atoms with van der Waals surface area (Å²) >= 11 is 0. The minimum absolute atomic E-state index is 0.188.